The molecule has 0 spiro atoms. The molecule has 0 bridgehead atoms. The number of allylic oxidation sites excluding steroid dienone is 4. The molecule has 1 aromatic rings. The Bertz CT molecular complexity index is 759. The summed E-state index contributed by atoms with van der Waals surface area (Å²) in [5.41, 5.74) is 7.59. The van der Waals surface area contributed by atoms with Crippen LogP contribution >= 0.6 is 0 Å². The van der Waals surface area contributed by atoms with Gasteiger partial charge in [-0.3, -0.25) is 0 Å². The molecule has 0 saturated carbocycles. The Balaban J connectivity index is 3.13. The van der Waals surface area contributed by atoms with Gasteiger partial charge in [0.15, 0.2) is 0 Å². The zero-order valence-electron chi connectivity index (χ0n) is 24.6. The Morgan fingerprint density at radius 1 is 0.941 bits per heavy atom. The van der Waals surface area contributed by atoms with E-state index >= 15 is 0 Å². The average Bonchev–Trinajstić information content (AvgIpc) is 2.83. The van der Waals surface area contributed by atoms with Crippen LogP contribution in [0.3, 0.4) is 0 Å². The summed E-state index contributed by atoms with van der Waals surface area (Å²) in [4.78, 5) is 0. The van der Waals surface area contributed by atoms with Crippen molar-refractivity contribution < 1.29 is 0 Å². The van der Waals surface area contributed by atoms with Gasteiger partial charge < -0.3 is 5.32 Å². The number of aryl methyl sites for hydroxylation is 1. The minimum atomic E-state index is 0.476. The standard InChI is InChI=1S/C33H57N/c1-12-25(6)32-21-20-31(33(26(7)13-2)29(10)34-11)22-30(32)19-18-28(9)27(8)17-16-24(5)15-14-23(3)4/h16-17,20-26,29,33-34H,12-15,18-19H2,1-11H3/b17-16-,28-27+. The molecular weight excluding hydrogens is 410 g/mol. The average molecular weight is 468 g/mol. The molecule has 1 rings (SSSR count). The van der Waals surface area contributed by atoms with Crippen molar-refractivity contribution in [3.63, 3.8) is 0 Å². The number of hydrogen-bond donors (Lipinski definition) is 1. The Hall–Kier alpha value is -1.34. The lowest BCUT2D eigenvalue weighted by atomic mass is 9.78. The SMILES string of the molecule is CCC(C)c1ccc(C(C(C)CC)C(C)NC)cc1CC/C(C)=C(C)/C=C\C(C)CCC(C)C. The summed E-state index contributed by atoms with van der Waals surface area (Å²) in [5.74, 6) is 3.27. The second-order valence-electron chi connectivity index (χ2n) is 11.5. The lowest BCUT2D eigenvalue weighted by Crippen LogP contribution is -2.32. The van der Waals surface area contributed by atoms with Crippen LogP contribution in [-0.4, -0.2) is 13.1 Å². The Morgan fingerprint density at radius 3 is 2.18 bits per heavy atom. The van der Waals surface area contributed by atoms with Gasteiger partial charge in [0.2, 0.25) is 0 Å². The molecule has 0 aliphatic carbocycles. The smallest absolute Gasteiger partial charge is 0.0107 e. The number of nitrogens with one attached hydrogen (secondary N) is 1. The topological polar surface area (TPSA) is 12.0 Å². The number of hydrogen-bond acceptors (Lipinski definition) is 1. The van der Waals surface area contributed by atoms with Crippen molar-refractivity contribution in [1.29, 1.82) is 0 Å². The summed E-state index contributed by atoms with van der Waals surface area (Å²) in [5, 5.41) is 3.53. The van der Waals surface area contributed by atoms with E-state index in [1.807, 2.05) is 0 Å². The maximum absolute atomic E-state index is 3.53. The largest absolute Gasteiger partial charge is 0.317 e. The quantitative estimate of drug-likeness (QED) is 0.253. The van der Waals surface area contributed by atoms with Crippen LogP contribution in [0, 0.1) is 17.8 Å². The zero-order valence-corrected chi connectivity index (χ0v) is 24.6. The molecule has 0 saturated heterocycles. The van der Waals surface area contributed by atoms with Crippen LogP contribution in [0.5, 0.6) is 0 Å². The van der Waals surface area contributed by atoms with E-state index < -0.39 is 0 Å². The van der Waals surface area contributed by atoms with Gasteiger partial charge in [0.1, 0.15) is 0 Å². The van der Waals surface area contributed by atoms with Gasteiger partial charge in [-0.25, -0.2) is 0 Å². The first-order valence-electron chi connectivity index (χ1n) is 14.2. The maximum Gasteiger partial charge on any atom is 0.0107 e. The summed E-state index contributed by atoms with van der Waals surface area (Å²) in [7, 11) is 2.10. The molecule has 0 aliphatic rings. The van der Waals surface area contributed by atoms with Gasteiger partial charge in [-0.1, -0.05) is 103 Å². The van der Waals surface area contributed by atoms with Crippen LogP contribution in [0.4, 0.5) is 0 Å². The van der Waals surface area contributed by atoms with E-state index in [0.29, 0.717) is 29.7 Å². The predicted octanol–water partition coefficient (Wildman–Crippen LogP) is 9.84. The molecule has 0 amide bonds. The molecule has 0 aliphatic heterocycles. The number of rotatable bonds is 15. The first-order chi connectivity index (χ1) is 16.0. The fourth-order valence-electron chi connectivity index (χ4n) is 4.96. The molecule has 0 heterocycles. The highest BCUT2D eigenvalue weighted by Gasteiger charge is 2.24. The van der Waals surface area contributed by atoms with Crippen LogP contribution in [0.1, 0.15) is 130 Å². The third-order valence-electron chi connectivity index (χ3n) is 8.26. The van der Waals surface area contributed by atoms with E-state index in [-0.39, 0.29) is 0 Å². The predicted molar refractivity (Wildman–Crippen MR) is 155 cm³/mol. The highest BCUT2D eigenvalue weighted by molar-refractivity contribution is 5.38. The summed E-state index contributed by atoms with van der Waals surface area (Å²) < 4.78 is 0. The lowest BCUT2D eigenvalue weighted by Gasteiger charge is -2.30. The first kappa shape index (κ1) is 30.7. The van der Waals surface area contributed by atoms with Crippen molar-refractivity contribution in [2.24, 2.45) is 17.8 Å². The molecule has 5 atom stereocenters. The number of likely N-dealkylation sites (N-methyl/N-ethyl adjacent to an activating group) is 1. The molecule has 0 aromatic heterocycles. The van der Waals surface area contributed by atoms with Gasteiger partial charge >= 0.3 is 0 Å². The normalized spacial score (nSPS) is 17.5. The molecule has 194 valence electrons. The molecule has 1 aromatic carbocycles. The van der Waals surface area contributed by atoms with Crippen molar-refractivity contribution in [1.82, 2.24) is 5.32 Å². The Labute approximate surface area is 213 Å². The van der Waals surface area contributed by atoms with E-state index in [0.717, 1.165) is 18.8 Å². The van der Waals surface area contributed by atoms with Gasteiger partial charge in [-0.15, -0.1) is 0 Å². The Kier molecular flexibility index (Phi) is 14.1. The van der Waals surface area contributed by atoms with Gasteiger partial charge in [-0.05, 0) is 93.9 Å². The minimum Gasteiger partial charge on any atom is -0.317 e. The molecule has 1 heteroatoms. The van der Waals surface area contributed by atoms with Crippen molar-refractivity contribution in [2.75, 3.05) is 7.05 Å². The number of benzene rings is 1. The lowest BCUT2D eigenvalue weighted by molar-refractivity contribution is 0.364. The fourth-order valence-corrected chi connectivity index (χ4v) is 4.96. The summed E-state index contributed by atoms with van der Waals surface area (Å²) >= 11 is 0. The van der Waals surface area contributed by atoms with E-state index in [4.69, 9.17) is 0 Å². The third-order valence-corrected chi connectivity index (χ3v) is 8.26. The van der Waals surface area contributed by atoms with Gasteiger partial charge in [0.25, 0.3) is 0 Å². The van der Waals surface area contributed by atoms with E-state index in [1.54, 1.807) is 11.1 Å². The van der Waals surface area contributed by atoms with Crippen LogP contribution in [0.2, 0.25) is 0 Å². The summed E-state index contributed by atoms with van der Waals surface area (Å²) in [6, 6.07) is 7.89. The molecule has 0 radical (unpaired) electrons. The Morgan fingerprint density at radius 2 is 1.62 bits per heavy atom. The van der Waals surface area contributed by atoms with Crippen LogP contribution in [0.15, 0.2) is 41.5 Å². The summed E-state index contributed by atoms with van der Waals surface area (Å²) in [6.07, 6.45) is 12.1. The van der Waals surface area contributed by atoms with Gasteiger partial charge in [0.05, 0.1) is 0 Å². The molecular formula is C33H57N. The van der Waals surface area contributed by atoms with E-state index in [2.05, 4.69) is 112 Å². The monoisotopic (exact) mass is 467 g/mol. The van der Waals surface area contributed by atoms with Gasteiger partial charge in [0, 0.05) is 12.0 Å². The highest BCUT2D eigenvalue weighted by atomic mass is 14.9. The van der Waals surface area contributed by atoms with Gasteiger partial charge in [-0.2, -0.15) is 0 Å². The molecule has 1 N–H and O–H groups in total. The third kappa shape index (κ3) is 9.73. The fraction of sp³-hybridized carbons (Fsp3) is 0.697. The van der Waals surface area contributed by atoms with Crippen molar-refractivity contribution >= 4 is 0 Å². The molecule has 0 fully saturated rings. The van der Waals surface area contributed by atoms with E-state index in [1.165, 1.54) is 42.4 Å². The zero-order chi connectivity index (χ0) is 25.8. The second-order valence-corrected chi connectivity index (χ2v) is 11.5. The second kappa shape index (κ2) is 15.6. The van der Waals surface area contributed by atoms with Crippen LogP contribution in [0.25, 0.3) is 0 Å². The van der Waals surface area contributed by atoms with E-state index in [9.17, 15) is 0 Å². The maximum atomic E-state index is 3.53. The highest BCUT2D eigenvalue weighted by Crippen LogP contribution is 2.34. The molecule has 1 nitrogen and oxygen atoms in total. The first-order valence-corrected chi connectivity index (χ1v) is 14.2. The molecule has 34 heavy (non-hydrogen) atoms. The van der Waals surface area contributed by atoms with Crippen molar-refractivity contribution in [3.8, 4) is 0 Å². The van der Waals surface area contributed by atoms with Crippen LogP contribution in [-0.2, 0) is 6.42 Å². The van der Waals surface area contributed by atoms with Crippen molar-refractivity contribution in [2.45, 2.75) is 126 Å². The van der Waals surface area contributed by atoms with Crippen LogP contribution < -0.4 is 5.32 Å². The van der Waals surface area contributed by atoms with Crippen molar-refractivity contribution in [3.05, 3.63) is 58.2 Å². The summed E-state index contributed by atoms with van der Waals surface area (Å²) in [6.45, 7) is 23.4. The minimum absolute atomic E-state index is 0.476. The molecule has 5 unspecified atom stereocenters.